The third-order valence-electron chi connectivity index (χ3n) is 6.89. The van der Waals surface area contributed by atoms with Gasteiger partial charge in [-0.3, -0.25) is 0 Å². The van der Waals surface area contributed by atoms with E-state index in [4.69, 9.17) is 0 Å². The lowest BCUT2D eigenvalue weighted by atomic mass is 9.79. The van der Waals surface area contributed by atoms with Crippen molar-refractivity contribution in [2.24, 2.45) is 0 Å². The maximum absolute atomic E-state index is 13.5. The van der Waals surface area contributed by atoms with Crippen LogP contribution >= 0.6 is 0 Å². The van der Waals surface area contributed by atoms with E-state index in [2.05, 4.69) is 41.6 Å². The molecule has 0 bridgehead atoms. The Bertz CT molecular complexity index is 1000. The molecule has 0 saturated heterocycles. The van der Waals surface area contributed by atoms with E-state index in [-0.39, 0.29) is 5.82 Å². The highest BCUT2D eigenvalue weighted by atomic mass is 19.1. The van der Waals surface area contributed by atoms with Crippen molar-refractivity contribution < 1.29 is 4.39 Å². The van der Waals surface area contributed by atoms with E-state index < -0.39 is 0 Å². The zero-order valence-electron chi connectivity index (χ0n) is 16.9. The summed E-state index contributed by atoms with van der Waals surface area (Å²) in [7, 11) is 2.23. The van der Waals surface area contributed by atoms with Crippen LogP contribution in [0, 0.1) is 12.7 Å². The van der Waals surface area contributed by atoms with Gasteiger partial charge < -0.3 is 9.47 Å². The van der Waals surface area contributed by atoms with Gasteiger partial charge in [0.15, 0.2) is 0 Å². The Morgan fingerprint density at radius 3 is 2.61 bits per heavy atom. The van der Waals surface area contributed by atoms with Gasteiger partial charge in [-0.1, -0.05) is 36.6 Å². The van der Waals surface area contributed by atoms with E-state index >= 15 is 0 Å². The number of fused-ring (bicyclic) bond motifs is 3. The van der Waals surface area contributed by atoms with Crippen LogP contribution in [0.15, 0.2) is 42.5 Å². The van der Waals surface area contributed by atoms with Crippen LogP contribution in [-0.2, 0) is 13.0 Å². The van der Waals surface area contributed by atoms with Crippen LogP contribution in [0.1, 0.15) is 60.0 Å². The molecule has 2 nitrogen and oxygen atoms in total. The first-order valence-corrected chi connectivity index (χ1v) is 10.7. The first kappa shape index (κ1) is 17.9. The van der Waals surface area contributed by atoms with Crippen molar-refractivity contribution in [2.75, 3.05) is 13.6 Å². The highest BCUT2D eigenvalue weighted by molar-refractivity contribution is 5.86. The lowest BCUT2D eigenvalue weighted by Crippen LogP contribution is -2.30. The van der Waals surface area contributed by atoms with Crippen LogP contribution in [0.2, 0.25) is 0 Å². The number of halogens is 1. The van der Waals surface area contributed by atoms with Crippen molar-refractivity contribution in [2.45, 2.75) is 57.5 Å². The SMILES string of the molecule is Cc1ccc2c(c1)c1c(n2[C@H]2CCCC[C@H]2c2ccc(F)cc2)CCN(C)C1. The summed E-state index contributed by atoms with van der Waals surface area (Å²) in [4.78, 5) is 2.44. The van der Waals surface area contributed by atoms with Crippen LogP contribution in [-0.4, -0.2) is 23.1 Å². The topological polar surface area (TPSA) is 8.17 Å². The second-order valence-corrected chi connectivity index (χ2v) is 8.81. The smallest absolute Gasteiger partial charge is 0.123 e. The molecule has 3 aromatic rings. The molecule has 2 atom stereocenters. The Kier molecular flexibility index (Phi) is 4.51. The first-order chi connectivity index (χ1) is 13.6. The molecule has 3 heteroatoms. The van der Waals surface area contributed by atoms with Gasteiger partial charge in [0.05, 0.1) is 0 Å². The summed E-state index contributed by atoms with van der Waals surface area (Å²) >= 11 is 0. The van der Waals surface area contributed by atoms with E-state index in [0.29, 0.717) is 12.0 Å². The van der Waals surface area contributed by atoms with Gasteiger partial charge in [0.2, 0.25) is 0 Å². The summed E-state index contributed by atoms with van der Waals surface area (Å²) in [5, 5.41) is 1.44. The van der Waals surface area contributed by atoms with Gasteiger partial charge >= 0.3 is 0 Å². The molecule has 2 aliphatic rings. The molecule has 2 aromatic carbocycles. The van der Waals surface area contributed by atoms with E-state index in [1.165, 1.54) is 59.0 Å². The zero-order valence-corrected chi connectivity index (χ0v) is 16.9. The number of benzene rings is 2. The van der Waals surface area contributed by atoms with Gasteiger partial charge in [0.1, 0.15) is 5.82 Å². The predicted molar refractivity (Wildman–Crippen MR) is 113 cm³/mol. The highest BCUT2D eigenvalue weighted by Gasteiger charge is 2.33. The number of aryl methyl sites for hydroxylation is 1. The molecule has 0 spiro atoms. The van der Waals surface area contributed by atoms with Gasteiger partial charge in [0, 0.05) is 48.1 Å². The fourth-order valence-electron chi connectivity index (χ4n) is 5.54. The number of likely N-dealkylation sites (N-methyl/N-ethyl adjacent to an activating group) is 1. The standard InChI is InChI=1S/C25H29FN2/c1-17-7-12-24-21(15-17)22-16-27(2)14-13-25(22)28(24)23-6-4-3-5-20(23)18-8-10-19(26)11-9-18/h7-12,15,20,23H,3-6,13-14,16H2,1-2H3/t20-,23-/m0/s1. The Balaban J connectivity index is 1.67. The minimum atomic E-state index is -0.140. The maximum Gasteiger partial charge on any atom is 0.123 e. The molecule has 0 N–H and O–H groups in total. The lowest BCUT2D eigenvalue weighted by Gasteiger charge is -2.36. The molecule has 1 aromatic heterocycles. The molecule has 0 amide bonds. The van der Waals surface area contributed by atoms with Gasteiger partial charge in [-0.05, 0) is 62.2 Å². The van der Waals surface area contributed by atoms with Crippen LogP contribution in [0.4, 0.5) is 4.39 Å². The number of nitrogens with zero attached hydrogens (tertiary/aromatic N) is 2. The molecule has 1 aliphatic heterocycles. The van der Waals surface area contributed by atoms with E-state index in [9.17, 15) is 4.39 Å². The first-order valence-electron chi connectivity index (χ1n) is 10.7. The largest absolute Gasteiger partial charge is 0.341 e. The lowest BCUT2D eigenvalue weighted by molar-refractivity contribution is 0.281. The molecule has 1 fully saturated rings. The Labute approximate surface area is 167 Å². The molecular formula is C25H29FN2. The summed E-state index contributed by atoms with van der Waals surface area (Å²) < 4.78 is 16.2. The van der Waals surface area contributed by atoms with Gasteiger partial charge in [-0.2, -0.15) is 0 Å². The third-order valence-corrected chi connectivity index (χ3v) is 6.89. The summed E-state index contributed by atoms with van der Waals surface area (Å²) in [6.07, 6.45) is 6.06. The quantitative estimate of drug-likeness (QED) is 0.534. The van der Waals surface area contributed by atoms with E-state index in [1.807, 2.05) is 12.1 Å². The van der Waals surface area contributed by atoms with Crippen LogP contribution in [0.5, 0.6) is 0 Å². The monoisotopic (exact) mass is 376 g/mol. The molecule has 2 heterocycles. The van der Waals surface area contributed by atoms with E-state index in [0.717, 1.165) is 19.5 Å². The minimum Gasteiger partial charge on any atom is -0.341 e. The fraction of sp³-hybridized carbons (Fsp3) is 0.440. The van der Waals surface area contributed by atoms with E-state index in [1.54, 1.807) is 12.1 Å². The summed E-state index contributed by atoms with van der Waals surface area (Å²) in [5.41, 5.74) is 7.08. The average molecular weight is 377 g/mol. The minimum absolute atomic E-state index is 0.140. The molecular weight excluding hydrogens is 347 g/mol. The molecule has 146 valence electrons. The van der Waals surface area contributed by atoms with Crippen molar-refractivity contribution in [1.82, 2.24) is 9.47 Å². The van der Waals surface area contributed by atoms with Crippen LogP contribution in [0.25, 0.3) is 10.9 Å². The number of aromatic nitrogens is 1. The highest BCUT2D eigenvalue weighted by Crippen LogP contribution is 2.45. The van der Waals surface area contributed by atoms with Gasteiger partial charge in [0.25, 0.3) is 0 Å². The van der Waals surface area contributed by atoms with Crippen molar-refractivity contribution in [3.63, 3.8) is 0 Å². The number of hydrogen-bond acceptors (Lipinski definition) is 1. The molecule has 1 saturated carbocycles. The van der Waals surface area contributed by atoms with Crippen LogP contribution < -0.4 is 0 Å². The number of rotatable bonds is 2. The van der Waals surface area contributed by atoms with Crippen molar-refractivity contribution >= 4 is 10.9 Å². The maximum atomic E-state index is 13.5. The molecule has 0 unspecified atom stereocenters. The van der Waals surface area contributed by atoms with Crippen molar-refractivity contribution in [3.8, 4) is 0 Å². The normalized spacial score (nSPS) is 23.1. The molecule has 5 rings (SSSR count). The van der Waals surface area contributed by atoms with Crippen molar-refractivity contribution in [1.29, 1.82) is 0 Å². The Hall–Kier alpha value is -2.13. The Morgan fingerprint density at radius 1 is 1.00 bits per heavy atom. The second kappa shape index (κ2) is 7.04. The molecule has 0 radical (unpaired) electrons. The molecule has 1 aliphatic carbocycles. The predicted octanol–water partition coefficient (Wildman–Crippen LogP) is 5.98. The van der Waals surface area contributed by atoms with Gasteiger partial charge in [-0.15, -0.1) is 0 Å². The molecule has 28 heavy (non-hydrogen) atoms. The van der Waals surface area contributed by atoms with Gasteiger partial charge in [-0.25, -0.2) is 4.39 Å². The average Bonchev–Trinajstić information content (AvgIpc) is 3.01. The summed E-state index contributed by atoms with van der Waals surface area (Å²) in [5.74, 6) is 0.327. The van der Waals surface area contributed by atoms with Crippen LogP contribution in [0.3, 0.4) is 0 Å². The Morgan fingerprint density at radius 2 is 1.79 bits per heavy atom. The zero-order chi connectivity index (χ0) is 19.3. The third kappa shape index (κ3) is 2.97. The summed E-state index contributed by atoms with van der Waals surface area (Å²) in [6.45, 7) is 4.35. The fourth-order valence-corrected chi connectivity index (χ4v) is 5.54. The second-order valence-electron chi connectivity index (χ2n) is 8.81. The summed E-state index contributed by atoms with van der Waals surface area (Å²) in [6, 6.07) is 14.7. The van der Waals surface area contributed by atoms with Crippen molar-refractivity contribution in [3.05, 3.63) is 70.7 Å². The number of hydrogen-bond donors (Lipinski definition) is 0.